The van der Waals surface area contributed by atoms with Crippen molar-refractivity contribution in [1.82, 2.24) is 0 Å². The molecule has 8 aromatic carbocycles. The largest absolute Gasteiger partial charge is 0.454 e. The van der Waals surface area contributed by atoms with E-state index in [-0.39, 0.29) is 0 Å². The van der Waals surface area contributed by atoms with Crippen molar-refractivity contribution >= 4 is 81.3 Å². The van der Waals surface area contributed by atoms with Gasteiger partial charge in [-0.25, -0.2) is 0 Å². The molecule has 0 aliphatic rings. The molecule has 0 aliphatic carbocycles. The molecule has 49 heavy (non-hydrogen) atoms. The topological polar surface area (TPSA) is 16.4 Å². The molecule has 10 rings (SSSR count). The normalized spacial score (nSPS) is 11.7. The number of rotatable bonds is 5. The fraction of sp³-hybridized carbons (Fsp3) is 0. The van der Waals surface area contributed by atoms with E-state index in [4.69, 9.17) is 4.42 Å². The molecule has 2 heterocycles. The van der Waals surface area contributed by atoms with Crippen LogP contribution in [0.5, 0.6) is 0 Å². The summed E-state index contributed by atoms with van der Waals surface area (Å²) >= 11 is 1.85. The molecule has 0 saturated heterocycles. The summed E-state index contributed by atoms with van der Waals surface area (Å²) in [5, 5.41) is 7.19. The van der Waals surface area contributed by atoms with Crippen molar-refractivity contribution in [2.24, 2.45) is 0 Å². The van der Waals surface area contributed by atoms with Crippen LogP contribution < -0.4 is 4.90 Å². The fourth-order valence-corrected chi connectivity index (χ4v) is 8.55. The molecule has 3 heteroatoms. The lowest BCUT2D eigenvalue weighted by atomic mass is 9.98. The molecule has 10 aromatic rings. The molecule has 0 spiro atoms. The Hall–Kier alpha value is -6.16. The first-order chi connectivity index (χ1) is 24.3. The van der Waals surface area contributed by atoms with Crippen molar-refractivity contribution in [3.63, 3.8) is 0 Å². The third-order valence-electron chi connectivity index (χ3n) is 9.65. The smallest absolute Gasteiger partial charge is 0.159 e. The predicted molar refractivity (Wildman–Crippen MR) is 210 cm³/mol. The van der Waals surface area contributed by atoms with Crippen LogP contribution in [0.3, 0.4) is 0 Å². The summed E-state index contributed by atoms with van der Waals surface area (Å²) in [6, 6.07) is 63.1. The molecule has 0 aliphatic heterocycles. The Labute approximate surface area is 287 Å². The number of thiophene rings is 1. The van der Waals surface area contributed by atoms with E-state index in [0.29, 0.717) is 0 Å². The predicted octanol–water partition coefficient (Wildman–Crippen LogP) is 13.9. The first-order valence-electron chi connectivity index (χ1n) is 16.6. The Morgan fingerprint density at radius 1 is 0.429 bits per heavy atom. The van der Waals surface area contributed by atoms with Crippen LogP contribution in [0, 0.1) is 0 Å². The molecule has 0 bridgehead atoms. The number of hydrogen-bond donors (Lipinski definition) is 0. The monoisotopic (exact) mass is 643 g/mol. The van der Waals surface area contributed by atoms with E-state index in [9.17, 15) is 0 Å². The second kappa shape index (κ2) is 11.2. The Balaban J connectivity index is 1.31. The van der Waals surface area contributed by atoms with Gasteiger partial charge in [0.05, 0.1) is 16.1 Å². The molecule has 0 radical (unpaired) electrons. The molecular weight excluding hydrogens is 615 g/mol. The van der Waals surface area contributed by atoms with E-state index < -0.39 is 0 Å². The maximum absolute atomic E-state index is 6.93. The van der Waals surface area contributed by atoms with Gasteiger partial charge < -0.3 is 9.32 Å². The number of nitrogens with zero attached hydrogens (tertiary/aromatic N) is 1. The van der Waals surface area contributed by atoms with Gasteiger partial charge in [0.1, 0.15) is 5.58 Å². The van der Waals surface area contributed by atoms with Crippen molar-refractivity contribution in [3.8, 4) is 22.3 Å². The van der Waals surface area contributed by atoms with Gasteiger partial charge in [-0.05, 0) is 75.5 Å². The summed E-state index contributed by atoms with van der Waals surface area (Å²) in [4.78, 5) is 2.41. The van der Waals surface area contributed by atoms with Crippen molar-refractivity contribution in [1.29, 1.82) is 0 Å². The average molecular weight is 644 g/mol. The molecular formula is C46H29NOS. The highest BCUT2D eigenvalue weighted by molar-refractivity contribution is 7.26. The standard InChI is InChI=1S/C46H29NOS/c1-3-12-30(13-4-1)32-22-25-35(26-23-32)47(40-20-11-19-38-37-18-9-10-21-43(37)49-46(38)40)41-29-34(31-14-5-2-6-15-31)28-39-44-36-17-8-7-16-33(36)24-27-42(44)48-45(39)41/h1-29H. The third-order valence-corrected chi connectivity index (χ3v) is 10.9. The fourth-order valence-electron chi connectivity index (χ4n) is 7.34. The number of anilines is 3. The maximum atomic E-state index is 6.93. The lowest BCUT2D eigenvalue weighted by Crippen LogP contribution is -2.10. The summed E-state index contributed by atoms with van der Waals surface area (Å²) < 4.78 is 9.46. The first kappa shape index (κ1) is 27.9. The van der Waals surface area contributed by atoms with Crippen LogP contribution in [-0.4, -0.2) is 0 Å². The van der Waals surface area contributed by atoms with Gasteiger partial charge in [-0.3, -0.25) is 0 Å². The van der Waals surface area contributed by atoms with Gasteiger partial charge >= 0.3 is 0 Å². The molecule has 2 nitrogen and oxygen atoms in total. The molecule has 0 N–H and O–H groups in total. The highest BCUT2D eigenvalue weighted by Crippen LogP contribution is 2.49. The van der Waals surface area contributed by atoms with E-state index in [2.05, 4.69) is 181 Å². The van der Waals surface area contributed by atoms with Gasteiger partial charge in [0.25, 0.3) is 0 Å². The highest BCUT2D eigenvalue weighted by atomic mass is 32.1. The molecule has 0 atom stereocenters. The molecule has 0 fully saturated rings. The Kier molecular flexibility index (Phi) is 6.39. The molecule has 2 aromatic heterocycles. The summed E-state index contributed by atoms with van der Waals surface area (Å²) in [6.45, 7) is 0. The van der Waals surface area contributed by atoms with Crippen molar-refractivity contribution in [2.75, 3.05) is 4.90 Å². The SMILES string of the molecule is c1ccc(-c2ccc(N(c3cc(-c4ccccc4)cc4c3oc3ccc5ccccc5c34)c3cccc4c3sc3ccccc34)cc2)cc1. The molecule has 0 saturated carbocycles. The van der Waals surface area contributed by atoms with Gasteiger partial charge in [-0.2, -0.15) is 0 Å². The van der Waals surface area contributed by atoms with E-state index in [1.165, 1.54) is 47.6 Å². The molecule has 0 unspecified atom stereocenters. The third kappa shape index (κ3) is 4.55. The van der Waals surface area contributed by atoms with Crippen molar-refractivity contribution in [3.05, 3.63) is 176 Å². The van der Waals surface area contributed by atoms with Crippen LogP contribution in [0.15, 0.2) is 180 Å². The average Bonchev–Trinajstić information content (AvgIpc) is 3.75. The van der Waals surface area contributed by atoms with E-state index in [1.54, 1.807) is 0 Å². The van der Waals surface area contributed by atoms with E-state index >= 15 is 0 Å². The van der Waals surface area contributed by atoms with Crippen LogP contribution in [-0.2, 0) is 0 Å². The minimum Gasteiger partial charge on any atom is -0.454 e. The van der Waals surface area contributed by atoms with Crippen LogP contribution in [0.1, 0.15) is 0 Å². The summed E-state index contributed by atoms with van der Waals surface area (Å²) in [5.41, 5.74) is 9.66. The first-order valence-corrected chi connectivity index (χ1v) is 17.4. The van der Waals surface area contributed by atoms with E-state index in [1.807, 2.05) is 11.3 Å². The lowest BCUT2D eigenvalue weighted by Gasteiger charge is -2.27. The maximum Gasteiger partial charge on any atom is 0.159 e. The molecule has 0 amide bonds. The zero-order valence-electron chi connectivity index (χ0n) is 26.5. The summed E-state index contributed by atoms with van der Waals surface area (Å²) in [7, 11) is 0. The number of furan rings is 1. The zero-order valence-corrected chi connectivity index (χ0v) is 27.3. The minimum atomic E-state index is 0.872. The second-order valence-corrected chi connectivity index (χ2v) is 13.6. The summed E-state index contributed by atoms with van der Waals surface area (Å²) in [6.07, 6.45) is 0. The highest BCUT2D eigenvalue weighted by Gasteiger charge is 2.24. The van der Waals surface area contributed by atoms with Crippen LogP contribution in [0.25, 0.3) is 75.1 Å². The zero-order chi connectivity index (χ0) is 32.3. The van der Waals surface area contributed by atoms with Gasteiger partial charge in [-0.1, -0.05) is 133 Å². The van der Waals surface area contributed by atoms with Gasteiger partial charge in [0, 0.05) is 31.9 Å². The van der Waals surface area contributed by atoms with Crippen molar-refractivity contribution in [2.45, 2.75) is 0 Å². The van der Waals surface area contributed by atoms with Gasteiger partial charge in [0.2, 0.25) is 0 Å². The number of benzene rings is 8. The van der Waals surface area contributed by atoms with E-state index in [0.717, 1.165) is 44.6 Å². The summed E-state index contributed by atoms with van der Waals surface area (Å²) in [5.74, 6) is 0. The minimum absolute atomic E-state index is 0.872. The van der Waals surface area contributed by atoms with Gasteiger partial charge in [-0.15, -0.1) is 11.3 Å². The van der Waals surface area contributed by atoms with Crippen LogP contribution in [0.4, 0.5) is 17.1 Å². The van der Waals surface area contributed by atoms with Crippen LogP contribution in [0.2, 0.25) is 0 Å². The molecule has 230 valence electrons. The number of hydrogen-bond acceptors (Lipinski definition) is 3. The number of fused-ring (bicyclic) bond motifs is 8. The van der Waals surface area contributed by atoms with Gasteiger partial charge in [0.15, 0.2) is 5.58 Å². The Bertz CT molecular complexity index is 2810. The van der Waals surface area contributed by atoms with Crippen molar-refractivity contribution < 1.29 is 4.42 Å². The Morgan fingerprint density at radius 2 is 1.08 bits per heavy atom. The Morgan fingerprint density at radius 3 is 1.88 bits per heavy atom. The van der Waals surface area contributed by atoms with Crippen LogP contribution >= 0.6 is 11.3 Å². The lowest BCUT2D eigenvalue weighted by molar-refractivity contribution is 0.669. The quantitative estimate of drug-likeness (QED) is 0.186. The second-order valence-electron chi connectivity index (χ2n) is 12.5.